The maximum absolute atomic E-state index is 11.6. The Labute approximate surface area is 483 Å². The largest absolute Gasteiger partial charge is 0.507 e. The average molecular weight is 1140 g/mol. The van der Waals surface area contributed by atoms with Crippen molar-refractivity contribution in [2.45, 2.75) is 82.0 Å². The Morgan fingerprint density at radius 2 is 1.23 bits per heavy atom. The van der Waals surface area contributed by atoms with Gasteiger partial charge in [-0.2, -0.15) is 4.99 Å². The maximum atomic E-state index is 11.6. The topological polar surface area (TPSA) is 402 Å². The van der Waals surface area contributed by atoms with Gasteiger partial charge in [0.25, 0.3) is 0 Å². The van der Waals surface area contributed by atoms with E-state index in [1.54, 1.807) is 25.9 Å². The molecule has 0 saturated heterocycles. The fourth-order valence-electron chi connectivity index (χ4n) is 4.56. The summed E-state index contributed by atoms with van der Waals surface area (Å²) in [5.74, 6) is -2.25. The zero-order valence-corrected chi connectivity index (χ0v) is 44.2. The number of phenols is 3. The molecule has 3 aromatic carbocycles. The first-order valence-corrected chi connectivity index (χ1v) is 23.1. The number of unbranched alkanes of at least 4 members (excludes halogenated alkanes) is 1. The van der Waals surface area contributed by atoms with E-state index in [4.69, 9.17) is 38.5 Å². The number of carbonyl (C=O) groups excluding carboxylic acids is 6. The van der Waals surface area contributed by atoms with E-state index in [0.717, 1.165) is 38.5 Å². The van der Waals surface area contributed by atoms with E-state index >= 15 is 0 Å². The number of aliphatic imine (C=N–C) groups is 1. The van der Waals surface area contributed by atoms with E-state index in [1.165, 1.54) is 62.8 Å². The Morgan fingerprint density at radius 3 is 1.64 bits per heavy atom. The number of carbonyl (C=O) groups is 7. The van der Waals surface area contributed by atoms with Crippen LogP contribution in [0.4, 0.5) is 26.7 Å². The lowest BCUT2D eigenvalue weighted by Gasteiger charge is -2.09. The van der Waals surface area contributed by atoms with E-state index in [1.807, 2.05) is 19.1 Å². The number of hydrogen-bond donors (Lipinski definition) is 12. The van der Waals surface area contributed by atoms with Crippen LogP contribution in [0.1, 0.15) is 111 Å². The predicted molar refractivity (Wildman–Crippen MR) is 319 cm³/mol. The molecule has 13 N–H and O–H groups in total. The quantitative estimate of drug-likeness (QED) is 0.00637. The summed E-state index contributed by atoms with van der Waals surface area (Å²) in [4.78, 5) is 90.6. The predicted octanol–water partition coefficient (Wildman–Crippen LogP) is 6.34. The lowest BCUT2D eigenvalue weighted by Crippen LogP contribution is -2.32. The van der Waals surface area contributed by atoms with Crippen LogP contribution in [0.25, 0.3) is 0 Å². The summed E-state index contributed by atoms with van der Waals surface area (Å²) in [6.07, 6.45) is 15.0. The Bertz CT molecular complexity index is 2420. The van der Waals surface area contributed by atoms with Crippen LogP contribution in [0.5, 0.6) is 17.2 Å². The maximum Gasteiger partial charge on any atom is 0.411 e. The van der Waals surface area contributed by atoms with Gasteiger partial charge in [0.05, 0.1) is 39.5 Å². The molecule has 3 rings (SSSR count). The molecule has 0 aliphatic rings. The summed E-state index contributed by atoms with van der Waals surface area (Å²) in [5, 5.41) is 71.6. The van der Waals surface area contributed by atoms with Crippen LogP contribution in [0.3, 0.4) is 0 Å². The van der Waals surface area contributed by atoms with Gasteiger partial charge in [-0.05, 0) is 81.2 Å². The number of aliphatic hydroxyl groups is 1. The molecule has 5 radical (unpaired) electrons. The minimum absolute atomic E-state index is 0. The lowest BCUT2D eigenvalue weighted by atomic mass is 9.40. The van der Waals surface area contributed by atoms with Gasteiger partial charge in [-0.15, -0.1) is 12.3 Å². The van der Waals surface area contributed by atoms with Crippen molar-refractivity contribution in [1.82, 2.24) is 10.5 Å². The molecule has 0 bridgehead atoms. The number of esters is 2. The van der Waals surface area contributed by atoms with Crippen LogP contribution < -0.4 is 26.9 Å². The number of aliphatic hydroxyl groups excluding tert-OH is 1. The SMILES string of the molecule is C.C.C.C#CC.CB(O)NCCO.CC/C=C\CC(=O)NCCOC(=O)Nc1ccc(O)c(C(=O)O)c1.CCC/C=C\CC(=O)O.COC(=O)c1cc(N=C=O)ccc1O.COC(=O)c1cc(NC(=O)OCCN)ccc1O.[2HH].[2H][2H].[B][B][B]. The first-order chi connectivity index (χ1) is 38.1. The monoisotopic (exact) mass is 1140 g/mol. The molecular formula is C52H83B4N6O19. The number of aliphatic carboxylic acids is 1. The van der Waals surface area contributed by atoms with Crippen molar-refractivity contribution in [2.75, 3.05) is 64.3 Å². The normalized spacial score (nSPS) is 9.04. The second kappa shape index (κ2) is 57.6. The third kappa shape index (κ3) is 49.5. The minimum Gasteiger partial charge on any atom is -0.507 e. The molecule has 3 aromatic rings. The summed E-state index contributed by atoms with van der Waals surface area (Å²) in [6, 6.07) is 11.5. The van der Waals surface area contributed by atoms with Crippen LogP contribution in [0.15, 0.2) is 83.9 Å². The Kier molecular flexibility index (Phi) is 59.6. The second-order valence-corrected chi connectivity index (χ2v) is 14.1. The van der Waals surface area contributed by atoms with Crippen molar-refractivity contribution >= 4 is 94.7 Å². The molecule has 81 heavy (non-hydrogen) atoms. The molecule has 0 aliphatic carbocycles. The first-order valence-electron chi connectivity index (χ1n) is 24.1. The number of aromatic hydroxyl groups is 3. The highest BCUT2D eigenvalue weighted by molar-refractivity contribution is 7.17. The fraction of sp³-hybridized carbons (Fsp3) is 0.385. The molecule has 0 fully saturated rings. The van der Waals surface area contributed by atoms with E-state index in [2.05, 4.69) is 70.4 Å². The number of isocyanates is 1. The number of ether oxygens (including phenoxy) is 4. The van der Waals surface area contributed by atoms with Gasteiger partial charge in [0, 0.05) is 57.8 Å². The highest BCUT2D eigenvalue weighted by Crippen LogP contribution is 2.24. The number of terminal acetylenes is 1. The summed E-state index contributed by atoms with van der Waals surface area (Å²) in [6.45, 7) is 8.27. The Hall–Kier alpha value is -8.53. The average Bonchev–Trinajstić information content (AvgIpc) is 3.42. The summed E-state index contributed by atoms with van der Waals surface area (Å²) >= 11 is 0. The summed E-state index contributed by atoms with van der Waals surface area (Å²) in [7, 11) is 11.9. The van der Waals surface area contributed by atoms with Crippen LogP contribution in [-0.4, -0.2) is 167 Å². The van der Waals surface area contributed by atoms with Gasteiger partial charge in [0.15, 0.2) is 0 Å². The van der Waals surface area contributed by atoms with Crippen molar-refractivity contribution in [1.29, 1.82) is 0 Å². The van der Waals surface area contributed by atoms with Gasteiger partial charge in [0.2, 0.25) is 12.0 Å². The first kappa shape index (κ1) is 83.8. The molecule has 25 nitrogen and oxygen atoms in total. The molecule has 0 saturated carbocycles. The number of nitrogens with one attached hydrogen (secondary N) is 4. The minimum atomic E-state index is -1.32. The van der Waals surface area contributed by atoms with Crippen molar-refractivity contribution < 1.29 is 97.4 Å². The van der Waals surface area contributed by atoms with E-state index < -0.39 is 48.9 Å². The molecule has 3 amide bonds. The number of methoxy groups -OCH3 is 2. The number of phenolic OH excluding ortho intramolecular Hbond substituents is 2. The third-order valence-electron chi connectivity index (χ3n) is 7.86. The number of nitrogens with two attached hydrogens (primary N) is 1. The Balaban J connectivity index is -0.000000120. The van der Waals surface area contributed by atoms with Crippen LogP contribution >= 0.6 is 0 Å². The molecule has 29 heteroatoms. The summed E-state index contributed by atoms with van der Waals surface area (Å²) < 4.78 is 28.5. The number of hydrogen-bond acceptors (Lipinski definition) is 20. The van der Waals surface area contributed by atoms with E-state index in [-0.39, 0.29) is 115 Å². The zero-order valence-electron chi connectivity index (χ0n) is 46.2. The van der Waals surface area contributed by atoms with Crippen LogP contribution in [0.2, 0.25) is 6.82 Å². The van der Waals surface area contributed by atoms with Crippen LogP contribution in [-0.2, 0) is 33.3 Å². The fourth-order valence-corrected chi connectivity index (χ4v) is 4.56. The molecule has 0 heterocycles. The molecule has 0 aromatic heterocycles. The number of amides is 3. The number of aromatic carboxylic acids is 1. The van der Waals surface area contributed by atoms with Crippen molar-refractivity contribution in [3.63, 3.8) is 0 Å². The second-order valence-electron chi connectivity index (χ2n) is 14.1. The smallest absolute Gasteiger partial charge is 0.411 e. The van der Waals surface area contributed by atoms with Gasteiger partial charge >= 0.3 is 43.1 Å². The molecule has 447 valence electrons. The number of carboxylic acid groups (broad SMARTS) is 2. The van der Waals surface area contributed by atoms with Gasteiger partial charge in [-0.3, -0.25) is 20.2 Å². The van der Waals surface area contributed by atoms with E-state index in [9.17, 15) is 53.7 Å². The van der Waals surface area contributed by atoms with Gasteiger partial charge in [-0.25, -0.2) is 28.8 Å². The third-order valence-corrected chi connectivity index (χ3v) is 7.86. The van der Waals surface area contributed by atoms with Crippen LogP contribution in [0, 0.1) is 12.3 Å². The molecule has 0 aliphatic heterocycles. The number of anilines is 2. The van der Waals surface area contributed by atoms with Crippen molar-refractivity contribution in [3.05, 3.63) is 95.6 Å². The van der Waals surface area contributed by atoms with Gasteiger partial charge in [0.1, 0.15) is 47.2 Å². The zero-order chi connectivity index (χ0) is 62.3. The lowest BCUT2D eigenvalue weighted by molar-refractivity contribution is -0.136. The Morgan fingerprint density at radius 1 is 0.778 bits per heavy atom. The van der Waals surface area contributed by atoms with Crippen molar-refractivity contribution in [2.24, 2.45) is 10.7 Å². The number of allylic oxidation sites excluding steroid dienone is 2. The standard InChI is InChI=1S/C16H20N2O6.C11H14N2O5.C9H7NO4.C7H12O2.C3H10BNO2.C3H4.3CH4.B3.2H2/c1-2-3-4-5-14(20)17-8-9-24-16(23)18-11-6-7-13(19)12(10-11)15(21)22;1-17-10(15)8-6-7(2-3-9(8)14)13-11(16)18-5-4-12;1-14-9(13)7-4-6(10-5-11)2-3-8(7)12;1-2-3-4-5-6-7(8)9;1-4(7)5-2-3-6;1-3-2;;;;1-3-2;;/h3-4,6-7,10,19H,2,5,8-9H2,1H3,(H,17,20)(H,18,23)(H,21,22);2-3,6,14H,4-5,12H2,1H3,(H,13,16);2-4,12H,1H3;4-5H,2-3,6H2,1H3,(H,8,9);5-7H,2-3H2,1H3;1H,2H3;3*1H4;;2*1H/b4-3-;;;5-4-;;;;;;;;/i;;;;;;;;;;1+1D;1+1. The molecule has 0 atom stereocenters. The number of nitrogens with zero attached hydrogens (tertiary/aromatic N) is 1. The number of carboxylic acids is 2. The highest BCUT2D eigenvalue weighted by Gasteiger charge is 2.15. The highest BCUT2D eigenvalue weighted by atomic mass is 16.6. The van der Waals surface area contributed by atoms with Crippen molar-refractivity contribution in [3.8, 4) is 29.6 Å². The molecule has 0 spiro atoms. The van der Waals surface area contributed by atoms with Gasteiger partial charge in [-0.1, -0.05) is 66.9 Å². The molecule has 0 unspecified atom stereocenters. The summed E-state index contributed by atoms with van der Waals surface area (Å²) in [5.41, 5.74) is 5.46. The van der Waals surface area contributed by atoms with E-state index in [0.29, 0.717) is 12.2 Å². The molecular weight excluding hydrogens is 1060 g/mol. The number of rotatable bonds is 21. The van der Waals surface area contributed by atoms with Gasteiger partial charge < -0.3 is 70.9 Å². The number of benzene rings is 3.